The van der Waals surface area contributed by atoms with Crippen LogP contribution in [0.4, 0.5) is 5.13 Å². The van der Waals surface area contributed by atoms with Crippen LogP contribution >= 0.6 is 11.3 Å². The average Bonchev–Trinajstić information content (AvgIpc) is 2.99. The van der Waals surface area contributed by atoms with Crippen LogP contribution < -0.4 is 4.72 Å². The van der Waals surface area contributed by atoms with Gasteiger partial charge in [0.05, 0.1) is 18.1 Å². The molecule has 1 saturated carbocycles. The van der Waals surface area contributed by atoms with Crippen LogP contribution in [0.15, 0.2) is 5.38 Å². The van der Waals surface area contributed by atoms with Crippen molar-refractivity contribution in [3.63, 3.8) is 0 Å². The fourth-order valence-corrected chi connectivity index (χ4v) is 3.65. The Hall–Kier alpha value is -0.660. The van der Waals surface area contributed by atoms with Gasteiger partial charge in [-0.1, -0.05) is 12.8 Å². The van der Waals surface area contributed by atoms with Crippen molar-refractivity contribution in [1.82, 2.24) is 4.98 Å². The summed E-state index contributed by atoms with van der Waals surface area (Å²) in [6.45, 7) is 0.403. The van der Waals surface area contributed by atoms with Gasteiger partial charge in [-0.15, -0.1) is 11.3 Å². The highest BCUT2D eigenvalue weighted by molar-refractivity contribution is 7.92. The monoisotopic (exact) mass is 276 g/mol. The summed E-state index contributed by atoms with van der Waals surface area (Å²) in [5, 5.41) is 2.22. The van der Waals surface area contributed by atoms with Crippen molar-refractivity contribution < 1.29 is 13.2 Å². The number of nitrogens with zero attached hydrogens (tertiary/aromatic N) is 1. The first-order valence-corrected chi connectivity index (χ1v) is 8.06. The standard InChI is InChI=1S/C10H16N2O3S2/c1-15-6-9-7-16-10(11-9)12-17(13,14)5-4-8-2-3-8/h7-8H,2-6H2,1H3,(H,11,12). The first-order valence-electron chi connectivity index (χ1n) is 5.53. The molecule has 1 aliphatic rings. The maximum Gasteiger partial charge on any atom is 0.234 e. The van der Waals surface area contributed by atoms with E-state index >= 15 is 0 Å². The molecule has 0 amide bonds. The lowest BCUT2D eigenvalue weighted by Gasteiger charge is -2.03. The number of rotatable bonds is 7. The van der Waals surface area contributed by atoms with E-state index in [9.17, 15) is 8.42 Å². The SMILES string of the molecule is COCc1csc(NS(=O)(=O)CCC2CC2)n1. The predicted molar refractivity (Wildman–Crippen MR) is 67.6 cm³/mol. The highest BCUT2D eigenvalue weighted by atomic mass is 32.2. The molecule has 17 heavy (non-hydrogen) atoms. The van der Waals surface area contributed by atoms with Gasteiger partial charge in [0, 0.05) is 12.5 Å². The van der Waals surface area contributed by atoms with E-state index in [1.54, 1.807) is 12.5 Å². The van der Waals surface area contributed by atoms with Crippen LogP contribution in [0.2, 0.25) is 0 Å². The van der Waals surface area contributed by atoms with E-state index in [1.807, 2.05) is 0 Å². The second-order valence-corrected chi connectivity index (χ2v) is 6.93. The summed E-state index contributed by atoms with van der Waals surface area (Å²) >= 11 is 1.28. The highest BCUT2D eigenvalue weighted by Gasteiger charge is 2.24. The zero-order chi connectivity index (χ0) is 12.3. The van der Waals surface area contributed by atoms with Crippen LogP contribution in [0.5, 0.6) is 0 Å². The lowest BCUT2D eigenvalue weighted by atomic mass is 10.3. The summed E-state index contributed by atoms with van der Waals surface area (Å²) < 4.78 is 30.9. The van der Waals surface area contributed by atoms with Crippen molar-refractivity contribution in [2.45, 2.75) is 25.9 Å². The maximum absolute atomic E-state index is 11.7. The van der Waals surface area contributed by atoms with Crippen LogP contribution in [0, 0.1) is 5.92 Å². The molecule has 0 atom stereocenters. The van der Waals surface area contributed by atoms with Crippen LogP contribution in [-0.4, -0.2) is 26.3 Å². The van der Waals surface area contributed by atoms with Gasteiger partial charge in [0.25, 0.3) is 0 Å². The molecule has 0 radical (unpaired) electrons. The van der Waals surface area contributed by atoms with E-state index in [1.165, 1.54) is 24.2 Å². The number of hydrogen-bond acceptors (Lipinski definition) is 5. The van der Waals surface area contributed by atoms with Crippen molar-refractivity contribution >= 4 is 26.5 Å². The molecule has 1 aliphatic carbocycles. The zero-order valence-corrected chi connectivity index (χ0v) is 11.3. The Balaban J connectivity index is 1.88. The summed E-state index contributed by atoms with van der Waals surface area (Å²) in [5.74, 6) is 0.809. The summed E-state index contributed by atoms with van der Waals surface area (Å²) in [5.41, 5.74) is 0.748. The first kappa shape index (κ1) is 12.8. The molecular formula is C10H16N2O3S2. The average molecular weight is 276 g/mol. The van der Waals surface area contributed by atoms with Gasteiger partial charge in [0.15, 0.2) is 5.13 Å². The van der Waals surface area contributed by atoms with Crippen LogP contribution in [0.25, 0.3) is 0 Å². The Kier molecular flexibility index (Phi) is 4.01. The fourth-order valence-electron chi connectivity index (χ4n) is 1.48. The minimum Gasteiger partial charge on any atom is -0.378 e. The maximum atomic E-state index is 11.7. The molecule has 1 aromatic rings. The molecule has 5 nitrogen and oxygen atoms in total. The number of thiazole rings is 1. The molecule has 96 valence electrons. The number of hydrogen-bond donors (Lipinski definition) is 1. The van der Waals surface area contributed by atoms with E-state index in [4.69, 9.17) is 4.74 Å². The third kappa shape index (κ3) is 4.25. The summed E-state index contributed by atoms with van der Waals surface area (Å²) in [4.78, 5) is 4.13. The summed E-state index contributed by atoms with van der Waals surface area (Å²) in [6.07, 6.45) is 3.10. The quantitative estimate of drug-likeness (QED) is 0.825. The zero-order valence-electron chi connectivity index (χ0n) is 9.68. The Morgan fingerprint density at radius 1 is 1.59 bits per heavy atom. The van der Waals surface area contributed by atoms with E-state index in [2.05, 4.69) is 9.71 Å². The van der Waals surface area contributed by atoms with Crippen molar-refractivity contribution in [3.05, 3.63) is 11.1 Å². The Morgan fingerprint density at radius 2 is 2.35 bits per heavy atom. The van der Waals surface area contributed by atoms with Gasteiger partial charge >= 0.3 is 0 Å². The predicted octanol–water partition coefficient (Wildman–Crippen LogP) is 1.83. The molecule has 1 aromatic heterocycles. The van der Waals surface area contributed by atoms with Gasteiger partial charge in [-0.05, 0) is 12.3 Å². The van der Waals surface area contributed by atoms with Crippen LogP contribution in [0.3, 0.4) is 0 Å². The molecule has 0 spiro atoms. The topological polar surface area (TPSA) is 68.3 Å². The van der Waals surface area contributed by atoms with Gasteiger partial charge in [-0.2, -0.15) is 0 Å². The molecule has 1 heterocycles. The number of sulfonamides is 1. The minimum atomic E-state index is -3.23. The van der Waals surface area contributed by atoms with Gasteiger partial charge in [-0.25, -0.2) is 13.4 Å². The van der Waals surface area contributed by atoms with Gasteiger partial charge < -0.3 is 4.74 Å². The summed E-state index contributed by atoms with van der Waals surface area (Å²) in [6, 6.07) is 0. The van der Waals surface area contributed by atoms with Crippen molar-refractivity contribution in [2.24, 2.45) is 5.92 Å². The van der Waals surface area contributed by atoms with Gasteiger partial charge in [-0.3, -0.25) is 4.72 Å². The molecule has 0 saturated heterocycles. The minimum absolute atomic E-state index is 0.191. The van der Waals surface area contributed by atoms with E-state index < -0.39 is 10.0 Å². The normalized spacial score (nSPS) is 16.1. The lowest BCUT2D eigenvalue weighted by Crippen LogP contribution is -2.17. The number of anilines is 1. The highest BCUT2D eigenvalue weighted by Crippen LogP contribution is 2.32. The van der Waals surface area contributed by atoms with Crippen molar-refractivity contribution in [2.75, 3.05) is 17.6 Å². The third-order valence-corrected chi connectivity index (χ3v) is 4.79. The molecule has 1 N–H and O–H groups in total. The molecule has 2 rings (SSSR count). The number of nitrogens with one attached hydrogen (secondary N) is 1. The first-order chi connectivity index (χ1) is 8.09. The largest absolute Gasteiger partial charge is 0.378 e. The van der Waals surface area contributed by atoms with Crippen LogP contribution in [-0.2, 0) is 21.4 Å². The Morgan fingerprint density at radius 3 is 3.00 bits per heavy atom. The second-order valence-electron chi connectivity index (χ2n) is 4.23. The molecule has 7 heteroatoms. The molecule has 0 aromatic carbocycles. The lowest BCUT2D eigenvalue weighted by molar-refractivity contribution is 0.182. The van der Waals surface area contributed by atoms with Gasteiger partial charge in [0.2, 0.25) is 10.0 Å². The molecule has 0 bridgehead atoms. The molecule has 1 fully saturated rings. The van der Waals surface area contributed by atoms with Crippen LogP contribution in [0.1, 0.15) is 25.0 Å². The second kappa shape index (κ2) is 5.32. The third-order valence-electron chi connectivity index (χ3n) is 2.58. The smallest absolute Gasteiger partial charge is 0.234 e. The summed E-state index contributed by atoms with van der Waals surface area (Å²) in [7, 11) is -1.65. The van der Waals surface area contributed by atoms with Crippen molar-refractivity contribution in [3.8, 4) is 0 Å². The number of aromatic nitrogens is 1. The fraction of sp³-hybridized carbons (Fsp3) is 0.700. The molecular weight excluding hydrogens is 260 g/mol. The Labute approximate surface area is 105 Å². The number of methoxy groups -OCH3 is 1. The van der Waals surface area contributed by atoms with E-state index in [0.29, 0.717) is 17.7 Å². The Bertz CT molecular complexity index is 466. The molecule has 0 aliphatic heterocycles. The van der Waals surface area contributed by atoms with Gasteiger partial charge in [0.1, 0.15) is 0 Å². The van der Waals surface area contributed by atoms with E-state index in [-0.39, 0.29) is 5.75 Å². The van der Waals surface area contributed by atoms with Crippen molar-refractivity contribution in [1.29, 1.82) is 0 Å². The van der Waals surface area contributed by atoms with E-state index in [0.717, 1.165) is 12.1 Å². The molecule has 0 unspecified atom stereocenters. The number of ether oxygens (including phenoxy) is 1.